The quantitative estimate of drug-likeness (QED) is 0.857. The molecule has 21 heavy (non-hydrogen) atoms. The number of esters is 1. The van der Waals surface area contributed by atoms with Crippen LogP contribution in [0.2, 0.25) is 0 Å². The first-order valence-corrected chi connectivity index (χ1v) is 7.34. The van der Waals surface area contributed by atoms with Crippen molar-refractivity contribution in [2.45, 2.75) is 26.4 Å². The number of carbonyl (C=O) groups is 2. The number of ether oxygens (including phenoxy) is 1. The van der Waals surface area contributed by atoms with Crippen LogP contribution in [-0.4, -0.2) is 23.0 Å². The maximum absolute atomic E-state index is 11.7. The third-order valence-corrected chi connectivity index (χ3v) is 3.82. The molecule has 0 saturated carbocycles. The lowest BCUT2D eigenvalue weighted by atomic mass is 10.2. The molecule has 1 amide bonds. The van der Waals surface area contributed by atoms with E-state index in [0.29, 0.717) is 5.69 Å². The standard InChI is InChI=1S/C15H16N2O3S/c1-9-3-5-11(6-4-9)15-17-12(8-21-15)7-13(18)20-10(2)14(16)19/h3-6,8,10H,7H2,1-2H3,(H2,16,19)/t10-/m1/s1. The van der Waals surface area contributed by atoms with Gasteiger partial charge >= 0.3 is 5.97 Å². The number of nitrogens with zero attached hydrogens (tertiary/aromatic N) is 1. The number of hydrogen-bond acceptors (Lipinski definition) is 5. The summed E-state index contributed by atoms with van der Waals surface area (Å²) in [5, 5.41) is 2.66. The maximum atomic E-state index is 11.7. The molecule has 0 unspecified atom stereocenters. The highest BCUT2D eigenvalue weighted by molar-refractivity contribution is 7.13. The number of benzene rings is 1. The lowest BCUT2D eigenvalue weighted by Crippen LogP contribution is -2.30. The van der Waals surface area contributed by atoms with Gasteiger partial charge in [-0.05, 0) is 13.8 Å². The summed E-state index contributed by atoms with van der Waals surface area (Å²) in [5.74, 6) is -1.18. The van der Waals surface area contributed by atoms with Crippen molar-refractivity contribution < 1.29 is 14.3 Å². The molecule has 0 aliphatic rings. The second-order valence-corrected chi connectivity index (χ2v) is 5.58. The third kappa shape index (κ3) is 4.13. The Hall–Kier alpha value is -2.21. The van der Waals surface area contributed by atoms with Gasteiger partial charge in [-0.2, -0.15) is 0 Å². The summed E-state index contributed by atoms with van der Waals surface area (Å²) < 4.78 is 4.90. The van der Waals surface area contributed by atoms with E-state index < -0.39 is 18.0 Å². The van der Waals surface area contributed by atoms with Crippen molar-refractivity contribution in [1.82, 2.24) is 4.98 Å². The zero-order valence-electron chi connectivity index (χ0n) is 11.8. The SMILES string of the molecule is Cc1ccc(-c2nc(CC(=O)O[C@H](C)C(N)=O)cs2)cc1. The van der Waals surface area contributed by atoms with Gasteiger partial charge in [-0.25, -0.2) is 4.98 Å². The molecule has 1 aromatic heterocycles. The van der Waals surface area contributed by atoms with Crippen molar-refractivity contribution in [3.8, 4) is 10.6 Å². The van der Waals surface area contributed by atoms with Gasteiger partial charge in [0.15, 0.2) is 6.10 Å². The molecule has 0 bridgehead atoms. The van der Waals surface area contributed by atoms with Gasteiger partial charge in [0.2, 0.25) is 0 Å². The Morgan fingerprint density at radius 1 is 1.33 bits per heavy atom. The monoisotopic (exact) mass is 304 g/mol. The Balaban J connectivity index is 2.01. The number of carbonyl (C=O) groups excluding carboxylic acids is 2. The Kier molecular flexibility index (Phi) is 4.70. The number of nitrogens with two attached hydrogens (primary N) is 1. The second kappa shape index (κ2) is 6.49. The zero-order chi connectivity index (χ0) is 15.4. The predicted molar refractivity (Wildman–Crippen MR) is 80.7 cm³/mol. The number of hydrogen-bond donors (Lipinski definition) is 1. The van der Waals surface area contributed by atoms with E-state index in [-0.39, 0.29) is 6.42 Å². The van der Waals surface area contributed by atoms with Gasteiger partial charge in [-0.1, -0.05) is 29.8 Å². The van der Waals surface area contributed by atoms with Crippen molar-refractivity contribution in [2.75, 3.05) is 0 Å². The van der Waals surface area contributed by atoms with Crippen LogP contribution in [0.5, 0.6) is 0 Å². The Labute approximate surface area is 126 Å². The molecule has 1 heterocycles. The van der Waals surface area contributed by atoms with Crippen LogP contribution in [0.15, 0.2) is 29.6 Å². The minimum atomic E-state index is -0.923. The van der Waals surface area contributed by atoms with Crippen LogP contribution in [0.4, 0.5) is 0 Å². The fraction of sp³-hybridized carbons (Fsp3) is 0.267. The Bertz CT molecular complexity index is 649. The van der Waals surface area contributed by atoms with Crippen LogP contribution in [0.25, 0.3) is 10.6 Å². The normalized spacial score (nSPS) is 11.9. The van der Waals surface area contributed by atoms with E-state index in [1.165, 1.54) is 23.8 Å². The lowest BCUT2D eigenvalue weighted by Gasteiger charge is -2.08. The molecule has 5 nitrogen and oxygen atoms in total. The smallest absolute Gasteiger partial charge is 0.312 e. The highest BCUT2D eigenvalue weighted by Crippen LogP contribution is 2.24. The maximum Gasteiger partial charge on any atom is 0.312 e. The van der Waals surface area contributed by atoms with E-state index in [9.17, 15) is 9.59 Å². The van der Waals surface area contributed by atoms with E-state index >= 15 is 0 Å². The Morgan fingerprint density at radius 2 is 2.00 bits per heavy atom. The van der Waals surface area contributed by atoms with Crippen molar-refractivity contribution in [2.24, 2.45) is 5.73 Å². The van der Waals surface area contributed by atoms with Gasteiger partial charge in [0.25, 0.3) is 5.91 Å². The van der Waals surface area contributed by atoms with E-state index in [0.717, 1.165) is 10.6 Å². The first kappa shape index (κ1) is 15.2. The number of aromatic nitrogens is 1. The van der Waals surface area contributed by atoms with Crippen molar-refractivity contribution in [3.63, 3.8) is 0 Å². The van der Waals surface area contributed by atoms with Gasteiger partial charge in [0.05, 0.1) is 12.1 Å². The molecular weight excluding hydrogens is 288 g/mol. The molecule has 0 fully saturated rings. The Morgan fingerprint density at radius 3 is 2.62 bits per heavy atom. The molecule has 0 saturated heterocycles. The topological polar surface area (TPSA) is 82.3 Å². The van der Waals surface area contributed by atoms with Crippen LogP contribution in [0.1, 0.15) is 18.2 Å². The summed E-state index contributed by atoms with van der Waals surface area (Å²) >= 11 is 1.47. The minimum absolute atomic E-state index is 0.0278. The van der Waals surface area contributed by atoms with E-state index in [2.05, 4.69) is 4.98 Å². The molecule has 0 spiro atoms. The molecule has 2 N–H and O–H groups in total. The third-order valence-electron chi connectivity index (χ3n) is 2.88. The van der Waals surface area contributed by atoms with E-state index in [1.54, 1.807) is 0 Å². The molecule has 0 radical (unpaired) electrons. The van der Waals surface area contributed by atoms with Crippen LogP contribution >= 0.6 is 11.3 Å². The molecule has 1 aromatic carbocycles. The fourth-order valence-electron chi connectivity index (χ4n) is 1.66. The summed E-state index contributed by atoms with van der Waals surface area (Å²) in [6.45, 7) is 3.46. The van der Waals surface area contributed by atoms with Crippen LogP contribution in [-0.2, 0) is 20.7 Å². The first-order chi connectivity index (χ1) is 9.95. The molecule has 110 valence electrons. The van der Waals surface area contributed by atoms with Gasteiger partial charge in [-0.3, -0.25) is 9.59 Å². The van der Waals surface area contributed by atoms with Gasteiger partial charge in [0, 0.05) is 10.9 Å². The van der Waals surface area contributed by atoms with Gasteiger partial charge in [0.1, 0.15) is 5.01 Å². The van der Waals surface area contributed by atoms with Crippen molar-refractivity contribution >= 4 is 23.2 Å². The largest absolute Gasteiger partial charge is 0.452 e. The fourth-order valence-corrected chi connectivity index (χ4v) is 2.49. The van der Waals surface area contributed by atoms with E-state index in [1.807, 2.05) is 36.6 Å². The van der Waals surface area contributed by atoms with Crippen LogP contribution in [0.3, 0.4) is 0 Å². The number of primary amides is 1. The summed E-state index contributed by atoms with van der Waals surface area (Å²) in [5.41, 5.74) is 7.85. The van der Waals surface area contributed by atoms with Gasteiger partial charge < -0.3 is 10.5 Å². The summed E-state index contributed by atoms with van der Waals surface area (Å²) in [6.07, 6.45) is -0.896. The molecule has 0 aliphatic carbocycles. The number of rotatable bonds is 5. The molecular formula is C15H16N2O3S. The second-order valence-electron chi connectivity index (χ2n) is 4.72. The number of amides is 1. The highest BCUT2D eigenvalue weighted by Gasteiger charge is 2.16. The summed E-state index contributed by atoms with van der Waals surface area (Å²) in [4.78, 5) is 26.9. The number of aryl methyl sites for hydroxylation is 1. The zero-order valence-corrected chi connectivity index (χ0v) is 12.6. The summed E-state index contributed by atoms with van der Waals surface area (Å²) in [7, 11) is 0. The highest BCUT2D eigenvalue weighted by atomic mass is 32.1. The molecule has 2 rings (SSSR count). The van der Waals surface area contributed by atoms with Crippen LogP contribution in [0, 0.1) is 6.92 Å². The average molecular weight is 304 g/mol. The lowest BCUT2D eigenvalue weighted by molar-refractivity contribution is -0.153. The van der Waals surface area contributed by atoms with Crippen molar-refractivity contribution in [3.05, 3.63) is 40.9 Å². The predicted octanol–water partition coefficient (Wildman–Crippen LogP) is 2.08. The van der Waals surface area contributed by atoms with Crippen LogP contribution < -0.4 is 5.73 Å². The van der Waals surface area contributed by atoms with Gasteiger partial charge in [-0.15, -0.1) is 11.3 Å². The molecule has 2 aromatic rings. The summed E-state index contributed by atoms with van der Waals surface area (Å²) in [6, 6.07) is 8.01. The molecule has 6 heteroatoms. The molecule has 1 atom stereocenters. The van der Waals surface area contributed by atoms with E-state index in [4.69, 9.17) is 10.5 Å². The average Bonchev–Trinajstić information content (AvgIpc) is 2.87. The number of thiazole rings is 1. The van der Waals surface area contributed by atoms with Crippen molar-refractivity contribution in [1.29, 1.82) is 0 Å². The molecule has 0 aliphatic heterocycles. The minimum Gasteiger partial charge on any atom is -0.452 e. The first-order valence-electron chi connectivity index (χ1n) is 6.46.